The highest BCUT2D eigenvalue weighted by molar-refractivity contribution is 6.18. The molecule has 148 valence electrons. The molecular formula is C27H18N2O2. The highest BCUT2D eigenvalue weighted by Gasteiger charge is 2.23. The number of hydrogen-bond acceptors (Lipinski definition) is 3. The first kappa shape index (κ1) is 18.7. The maximum Gasteiger partial charge on any atom is 0.209 e. The Morgan fingerprint density at radius 3 is 1.94 bits per heavy atom. The number of para-hydroxylation sites is 1. The van der Waals surface area contributed by atoms with Crippen LogP contribution in [-0.2, 0) is 0 Å². The highest BCUT2D eigenvalue weighted by Crippen LogP contribution is 2.29. The number of fused-ring (bicyclic) bond motifs is 1. The number of carbonyl (C=O) groups is 2. The summed E-state index contributed by atoms with van der Waals surface area (Å²) in [5, 5.41) is 0.812. The van der Waals surface area contributed by atoms with Gasteiger partial charge in [-0.15, -0.1) is 0 Å². The summed E-state index contributed by atoms with van der Waals surface area (Å²) in [5.41, 5.74) is 2.85. The molecule has 0 bridgehead atoms. The molecule has 0 amide bonds. The summed E-state index contributed by atoms with van der Waals surface area (Å²) < 4.78 is 1.79. The van der Waals surface area contributed by atoms with E-state index >= 15 is 0 Å². The van der Waals surface area contributed by atoms with Crippen LogP contribution in [0, 0.1) is 0 Å². The van der Waals surface area contributed by atoms with E-state index in [-0.39, 0.29) is 11.6 Å². The van der Waals surface area contributed by atoms with Gasteiger partial charge in [-0.1, -0.05) is 78.9 Å². The molecule has 0 saturated heterocycles. The molecule has 0 saturated carbocycles. The molecule has 0 aliphatic rings. The molecule has 2 heterocycles. The molecule has 3 aromatic carbocycles. The van der Waals surface area contributed by atoms with Gasteiger partial charge in [-0.3, -0.25) is 14.2 Å². The smallest absolute Gasteiger partial charge is 0.209 e. The van der Waals surface area contributed by atoms with Crippen molar-refractivity contribution >= 4 is 22.5 Å². The molecule has 0 unspecified atom stereocenters. The minimum Gasteiger partial charge on any atom is -0.290 e. The van der Waals surface area contributed by atoms with Crippen LogP contribution in [0.25, 0.3) is 16.7 Å². The lowest BCUT2D eigenvalue weighted by atomic mass is 10.0. The van der Waals surface area contributed by atoms with Crippen molar-refractivity contribution in [2.45, 2.75) is 0 Å². The lowest BCUT2D eigenvalue weighted by Crippen LogP contribution is -2.11. The van der Waals surface area contributed by atoms with Gasteiger partial charge in [0.05, 0.1) is 11.2 Å². The van der Waals surface area contributed by atoms with Crippen LogP contribution in [0.1, 0.15) is 32.0 Å². The first-order chi connectivity index (χ1) is 15.2. The van der Waals surface area contributed by atoms with Gasteiger partial charge in [0.15, 0.2) is 5.78 Å². The van der Waals surface area contributed by atoms with Gasteiger partial charge >= 0.3 is 0 Å². The average molecular weight is 402 g/mol. The SMILES string of the molecule is O=C(c1ccccc1)c1cccc2cc(C(=O)c3ccccc3)n(-c3ccccn3)c12. The van der Waals surface area contributed by atoms with Crippen LogP contribution in [0.15, 0.2) is 109 Å². The molecule has 2 aromatic heterocycles. The van der Waals surface area contributed by atoms with Crippen molar-refractivity contribution in [1.82, 2.24) is 9.55 Å². The third-order valence-corrected chi connectivity index (χ3v) is 5.25. The number of carbonyl (C=O) groups excluding carboxylic acids is 2. The van der Waals surface area contributed by atoms with E-state index in [2.05, 4.69) is 4.98 Å². The van der Waals surface area contributed by atoms with Crippen molar-refractivity contribution in [3.63, 3.8) is 0 Å². The summed E-state index contributed by atoms with van der Waals surface area (Å²) in [6.45, 7) is 0. The first-order valence-corrected chi connectivity index (χ1v) is 9.99. The number of hydrogen-bond donors (Lipinski definition) is 0. The summed E-state index contributed by atoms with van der Waals surface area (Å²) in [5.74, 6) is 0.367. The largest absolute Gasteiger partial charge is 0.290 e. The number of ketones is 2. The Morgan fingerprint density at radius 1 is 0.645 bits per heavy atom. The van der Waals surface area contributed by atoms with E-state index in [1.807, 2.05) is 72.8 Å². The van der Waals surface area contributed by atoms with E-state index in [4.69, 9.17) is 0 Å². The summed E-state index contributed by atoms with van der Waals surface area (Å²) in [6.07, 6.45) is 1.68. The van der Waals surface area contributed by atoms with Gasteiger partial charge in [-0.25, -0.2) is 4.98 Å². The molecule has 31 heavy (non-hydrogen) atoms. The third-order valence-electron chi connectivity index (χ3n) is 5.25. The van der Waals surface area contributed by atoms with Crippen molar-refractivity contribution in [2.24, 2.45) is 0 Å². The van der Waals surface area contributed by atoms with Gasteiger partial charge in [0.1, 0.15) is 5.82 Å². The van der Waals surface area contributed by atoms with Gasteiger partial charge in [-0.2, -0.15) is 0 Å². The fraction of sp³-hybridized carbons (Fsp3) is 0. The molecule has 4 heteroatoms. The van der Waals surface area contributed by atoms with Gasteiger partial charge in [0, 0.05) is 28.3 Å². The number of benzene rings is 3. The van der Waals surface area contributed by atoms with E-state index in [9.17, 15) is 9.59 Å². The van der Waals surface area contributed by atoms with E-state index in [0.29, 0.717) is 33.7 Å². The molecule has 0 N–H and O–H groups in total. The summed E-state index contributed by atoms with van der Waals surface area (Å²) in [7, 11) is 0. The van der Waals surface area contributed by atoms with E-state index in [1.165, 1.54) is 0 Å². The number of nitrogens with zero attached hydrogens (tertiary/aromatic N) is 2. The Labute approximate surface area is 179 Å². The van der Waals surface area contributed by atoms with Crippen molar-refractivity contribution in [3.05, 3.63) is 132 Å². The van der Waals surface area contributed by atoms with Crippen molar-refractivity contribution in [3.8, 4) is 5.82 Å². The minimum atomic E-state index is -0.124. The third kappa shape index (κ3) is 3.34. The first-order valence-electron chi connectivity index (χ1n) is 9.99. The fourth-order valence-electron chi connectivity index (χ4n) is 3.82. The van der Waals surface area contributed by atoms with Crippen LogP contribution < -0.4 is 0 Å². The minimum absolute atomic E-state index is 0.0970. The summed E-state index contributed by atoms with van der Waals surface area (Å²) in [6, 6.07) is 31.2. The van der Waals surface area contributed by atoms with Gasteiger partial charge in [0.2, 0.25) is 5.78 Å². The van der Waals surface area contributed by atoms with Crippen LogP contribution in [-0.4, -0.2) is 21.1 Å². The zero-order chi connectivity index (χ0) is 21.2. The second-order valence-electron chi connectivity index (χ2n) is 7.19. The van der Waals surface area contributed by atoms with Crippen molar-refractivity contribution in [1.29, 1.82) is 0 Å². The lowest BCUT2D eigenvalue weighted by Gasteiger charge is -2.12. The molecule has 0 fully saturated rings. The Hall–Kier alpha value is -4.31. The standard InChI is InChI=1S/C27H18N2O2/c30-26(19-10-3-1-4-11-19)22-15-9-14-21-18-23(27(31)20-12-5-2-6-13-20)29(25(21)22)24-16-7-8-17-28-24/h1-18H. The molecule has 5 rings (SSSR count). The van der Waals surface area contributed by atoms with Gasteiger partial charge in [0.25, 0.3) is 0 Å². The topological polar surface area (TPSA) is 52.0 Å². The van der Waals surface area contributed by atoms with Crippen LogP contribution >= 0.6 is 0 Å². The van der Waals surface area contributed by atoms with Crippen LogP contribution in [0.3, 0.4) is 0 Å². The molecule has 0 radical (unpaired) electrons. The van der Waals surface area contributed by atoms with E-state index < -0.39 is 0 Å². The van der Waals surface area contributed by atoms with Gasteiger partial charge < -0.3 is 0 Å². The van der Waals surface area contributed by atoms with Crippen LogP contribution in [0.5, 0.6) is 0 Å². The maximum absolute atomic E-state index is 13.4. The Balaban J connectivity index is 1.80. The zero-order valence-electron chi connectivity index (χ0n) is 16.6. The fourth-order valence-corrected chi connectivity index (χ4v) is 3.82. The van der Waals surface area contributed by atoms with E-state index in [0.717, 1.165) is 5.39 Å². The summed E-state index contributed by atoms with van der Waals surface area (Å²) in [4.78, 5) is 31.3. The molecule has 0 aliphatic carbocycles. The Morgan fingerprint density at radius 2 is 1.29 bits per heavy atom. The van der Waals surface area contributed by atoms with Gasteiger partial charge in [-0.05, 0) is 24.3 Å². The molecule has 0 atom stereocenters. The van der Waals surface area contributed by atoms with E-state index in [1.54, 1.807) is 41.1 Å². The highest BCUT2D eigenvalue weighted by atomic mass is 16.1. The number of pyridine rings is 1. The zero-order valence-corrected chi connectivity index (χ0v) is 16.6. The molecule has 4 nitrogen and oxygen atoms in total. The molecule has 0 spiro atoms. The normalized spacial score (nSPS) is 10.8. The Kier molecular flexibility index (Phi) is 4.73. The quantitative estimate of drug-likeness (QED) is 0.365. The second kappa shape index (κ2) is 7.84. The Bertz CT molecular complexity index is 1390. The number of aromatic nitrogens is 2. The molecular weight excluding hydrogens is 384 g/mol. The lowest BCUT2D eigenvalue weighted by molar-refractivity contribution is 0.102. The average Bonchev–Trinajstić information content (AvgIpc) is 3.24. The van der Waals surface area contributed by atoms with Crippen molar-refractivity contribution in [2.75, 3.05) is 0 Å². The predicted molar refractivity (Wildman–Crippen MR) is 121 cm³/mol. The second-order valence-corrected chi connectivity index (χ2v) is 7.19. The predicted octanol–water partition coefficient (Wildman–Crippen LogP) is 5.49. The number of rotatable bonds is 5. The van der Waals surface area contributed by atoms with Crippen LogP contribution in [0.2, 0.25) is 0 Å². The molecule has 0 aliphatic heterocycles. The van der Waals surface area contributed by atoms with Crippen molar-refractivity contribution < 1.29 is 9.59 Å². The summed E-state index contributed by atoms with van der Waals surface area (Å²) >= 11 is 0. The molecule has 5 aromatic rings. The monoisotopic (exact) mass is 402 g/mol. The van der Waals surface area contributed by atoms with Crippen LogP contribution in [0.4, 0.5) is 0 Å². The maximum atomic E-state index is 13.4.